The molecule has 7 heteroatoms. The summed E-state index contributed by atoms with van der Waals surface area (Å²) in [6.07, 6.45) is 1.61. The third-order valence-electron chi connectivity index (χ3n) is 3.15. The number of carboxylic acid groups (broad SMARTS) is 1. The minimum Gasteiger partial charge on any atom is -0.478 e. The Bertz CT molecular complexity index is 847. The van der Waals surface area contributed by atoms with Gasteiger partial charge in [-0.3, -0.25) is 4.79 Å². The molecule has 0 atom stereocenters. The number of carbonyl (C=O) groups is 2. The highest BCUT2D eigenvalue weighted by Crippen LogP contribution is 2.25. The molecule has 0 aliphatic rings. The Morgan fingerprint density at radius 1 is 1.04 bits per heavy atom. The number of halogens is 3. The summed E-state index contributed by atoms with van der Waals surface area (Å²) in [7, 11) is 0. The van der Waals surface area contributed by atoms with Crippen molar-refractivity contribution in [1.82, 2.24) is 0 Å². The SMILES string of the molecule is C/C(=C\c1ccc(Cl)c(Cl)c1)C(=O)Nc1cc(Cl)ccc1C(=O)O. The van der Waals surface area contributed by atoms with Gasteiger partial charge in [-0.2, -0.15) is 0 Å². The molecule has 0 spiro atoms. The molecule has 1 amide bonds. The minimum atomic E-state index is -1.16. The van der Waals surface area contributed by atoms with Crippen molar-refractivity contribution >= 4 is 58.4 Å². The zero-order chi connectivity index (χ0) is 17.9. The zero-order valence-corrected chi connectivity index (χ0v) is 14.7. The molecular weight excluding hydrogens is 373 g/mol. The first-order chi connectivity index (χ1) is 11.3. The van der Waals surface area contributed by atoms with E-state index in [0.29, 0.717) is 26.2 Å². The molecule has 2 aromatic carbocycles. The average molecular weight is 385 g/mol. The molecule has 0 bridgehead atoms. The Hall–Kier alpha value is -2.01. The molecule has 0 aromatic heterocycles. The van der Waals surface area contributed by atoms with Crippen LogP contribution in [0, 0.1) is 0 Å². The van der Waals surface area contributed by atoms with Gasteiger partial charge in [0.15, 0.2) is 0 Å². The summed E-state index contributed by atoms with van der Waals surface area (Å²) < 4.78 is 0. The predicted molar refractivity (Wildman–Crippen MR) is 97.2 cm³/mol. The van der Waals surface area contributed by atoms with Gasteiger partial charge in [-0.05, 0) is 48.9 Å². The highest BCUT2D eigenvalue weighted by molar-refractivity contribution is 6.42. The Balaban J connectivity index is 2.26. The third kappa shape index (κ3) is 4.51. The van der Waals surface area contributed by atoms with Crippen LogP contribution in [0.5, 0.6) is 0 Å². The number of anilines is 1. The summed E-state index contributed by atoms with van der Waals surface area (Å²) in [4.78, 5) is 23.5. The van der Waals surface area contributed by atoms with Gasteiger partial charge in [-0.15, -0.1) is 0 Å². The van der Waals surface area contributed by atoms with E-state index in [9.17, 15) is 9.59 Å². The van der Waals surface area contributed by atoms with Gasteiger partial charge in [-0.25, -0.2) is 4.79 Å². The molecule has 4 nitrogen and oxygen atoms in total. The standard InChI is InChI=1S/C17H12Cl3NO3/c1-9(6-10-2-5-13(19)14(20)7-10)16(22)21-15-8-11(18)3-4-12(15)17(23)24/h2-8H,1H3,(H,21,22)(H,23,24)/b9-6+. The molecule has 24 heavy (non-hydrogen) atoms. The van der Waals surface area contributed by atoms with Crippen LogP contribution in [0.2, 0.25) is 15.1 Å². The van der Waals surface area contributed by atoms with Crippen LogP contribution < -0.4 is 5.32 Å². The van der Waals surface area contributed by atoms with E-state index in [1.807, 2.05) is 0 Å². The summed E-state index contributed by atoms with van der Waals surface area (Å²) in [5.41, 5.74) is 1.14. The number of hydrogen-bond acceptors (Lipinski definition) is 2. The van der Waals surface area contributed by atoms with Crippen molar-refractivity contribution in [3.05, 3.63) is 68.2 Å². The van der Waals surface area contributed by atoms with E-state index in [2.05, 4.69) is 5.32 Å². The molecule has 0 unspecified atom stereocenters. The van der Waals surface area contributed by atoms with Gasteiger partial charge in [0, 0.05) is 10.6 Å². The molecule has 2 rings (SSSR count). The molecule has 0 aliphatic carbocycles. The zero-order valence-electron chi connectivity index (χ0n) is 12.4. The van der Waals surface area contributed by atoms with E-state index in [1.165, 1.54) is 18.2 Å². The van der Waals surface area contributed by atoms with Crippen molar-refractivity contribution < 1.29 is 14.7 Å². The van der Waals surface area contributed by atoms with Crippen molar-refractivity contribution in [2.75, 3.05) is 5.32 Å². The quantitative estimate of drug-likeness (QED) is 0.695. The van der Waals surface area contributed by atoms with E-state index < -0.39 is 11.9 Å². The smallest absolute Gasteiger partial charge is 0.337 e. The monoisotopic (exact) mass is 383 g/mol. The maximum atomic E-state index is 12.3. The Morgan fingerprint density at radius 2 is 1.75 bits per heavy atom. The lowest BCUT2D eigenvalue weighted by molar-refractivity contribution is -0.112. The van der Waals surface area contributed by atoms with Crippen LogP contribution in [0.15, 0.2) is 42.0 Å². The van der Waals surface area contributed by atoms with Crippen LogP contribution in [-0.2, 0) is 4.79 Å². The maximum Gasteiger partial charge on any atom is 0.337 e. The predicted octanol–water partition coefficient (Wildman–Crippen LogP) is 5.39. The first-order valence-corrected chi connectivity index (χ1v) is 7.89. The van der Waals surface area contributed by atoms with E-state index in [0.717, 1.165) is 0 Å². The first kappa shape index (κ1) is 18.3. The molecular formula is C17H12Cl3NO3. The summed E-state index contributed by atoms with van der Waals surface area (Å²) in [5.74, 6) is -1.61. The van der Waals surface area contributed by atoms with Gasteiger partial charge in [0.05, 0.1) is 21.3 Å². The summed E-state index contributed by atoms with van der Waals surface area (Å²) in [6, 6.07) is 9.13. The fourth-order valence-corrected chi connectivity index (χ4v) is 2.42. The molecule has 0 fully saturated rings. The van der Waals surface area contributed by atoms with Crippen LogP contribution in [0.3, 0.4) is 0 Å². The second-order valence-electron chi connectivity index (χ2n) is 4.95. The van der Waals surface area contributed by atoms with Crippen molar-refractivity contribution in [3.63, 3.8) is 0 Å². The summed E-state index contributed by atoms with van der Waals surface area (Å²) in [6.45, 7) is 1.60. The number of rotatable bonds is 4. The van der Waals surface area contributed by atoms with Crippen molar-refractivity contribution in [1.29, 1.82) is 0 Å². The lowest BCUT2D eigenvalue weighted by Crippen LogP contribution is -2.15. The lowest BCUT2D eigenvalue weighted by Gasteiger charge is -2.09. The van der Waals surface area contributed by atoms with Gasteiger partial charge in [0.1, 0.15) is 0 Å². The number of benzene rings is 2. The van der Waals surface area contributed by atoms with Crippen LogP contribution in [0.25, 0.3) is 6.08 Å². The fraction of sp³-hybridized carbons (Fsp3) is 0.0588. The summed E-state index contributed by atoms with van der Waals surface area (Å²) in [5, 5.41) is 12.8. The molecule has 0 heterocycles. The highest BCUT2D eigenvalue weighted by Gasteiger charge is 2.14. The number of carbonyl (C=O) groups excluding carboxylic acids is 1. The van der Waals surface area contributed by atoms with Crippen LogP contribution in [-0.4, -0.2) is 17.0 Å². The van der Waals surface area contributed by atoms with Crippen LogP contribution in [0.1, 0.15) is 22.8 Å². The number of carboxylic acids is 1. The van der Waals surface area contributed by atoms with E-state index in [4.69, 9.17) is 39.9 Å². The Kier molecular flexibility index (Phi) is 5.89. The van der Waals surface area contributed by atoms with Crippen molar-refractivity contribution in [2.45, 2.75) is 6.92 Å². The molecule has 0 saturated heterocycles. The largest absolute Gasteiger partial charge is 0.478 e. The first-order valence-electron chi connectivity index (χ1n) is 6.75. The van der Waals surface area contributed by atoms with Gasteiger partial charge in [0.2, 0.25) is 0 Å². The van der Waals surface area contributed by atoms with Crippen molar-refractivity contribution in [2.24, 2.45) is 0 Å². The summed E-state index contributed by atoms with van der Waals surface area (Å²) >= 11 is 17.6. The number of aromatic carboxylic acids is 1. The Morgan fingerprint density at radius 3 is 2.38 bits per heavy atom. The van der Waals surface area contributed by atoms with E-state index in [-0.39, 0.29) is 11.3 Å². The van der Waals surface area contributed by atoms with Gasteiger partial charge in [-0.1, -0.05) is 40.9 Å². The third-order valence-corrected chi connectivity index (χ3v) is 4.12. The van der Waals surface area contributed by atoms with Crippen LogP contribution >= 0.6 is 34.8 Å². The second kappa shape index (κ2) is 7.71. The van der Waals surface area contributed by atoms with Gasteiger partial charge in [0.25, 0.3) is 5.91 Å². The van der Waals surface area contributed by atoms with Crippen LogP contribution in [0.4, 0.5) is 5.69 Å². The minimum absolute atomic E-state index is 0.0462. The molecule has 0 saturated carbocycles. The fourth-order valence-electron chi connectivity index (χ4n) is 1.94. The maximum absolute atomic E-state index is 12.3. The molecule has 2 aromatic rings. The highest BCUT2D eigenvalue weighted by atomic mass is 35.5. The lowest BCUT2D eigenvalue weighted by atomic mass is 10.1. The molecule has 2 N–H and O–H groups in total. The number of nitrogens with one attached hydrogen (secondary N) is 1. The normalized spacial score (nSPS) is 11.2. The number of amides is 1. The van der Waals surface area contributed by atoms with Crippen molar-refractivity contribution in [3.8, 4) is 0 Å². The topological polar surface area (TPSA) is 66.4 Å². The van der Waals surface area contributed by atoms with E-state index in [1.54, 1.807) is 31.2 Å². The van der Waals surface area contributed by atoms with E-state index >= 15 is 0 Å². The van der Waals surface area contributed by atoms with Gasteiger partial charge < -0.3 is 10.4 Å². The Labute approximate surface area is 153 Å². The van der Waals surface area contributed by atoms with Gasteiger partial charge >= 0.3 is 5.97 Å². The molecule has 0 radical (unpaired) electrons. The average Bonchev–Trinajstić information content (AvgIpc) is 2.50. The molecule has 0 aliphatic heterocycles. The molecule has 124 valence electrons. The number of hydrogen-bond donors (Lipinski definition) is 2. The second-order valence-corrected chi connectivity index (χ2v) is 6.20.